The van der Waals surface area contributed by atoms with E-state index in [0.717, 1.165) is 44.2 Å². The van der Waals surface area contributed by atoms with Crippen LogP contribution in [0.5, 0.6) is 0 Å². The Morgan fingerprint density at radius 1 is 1.07 bits per heavy atom. The third kappa shape index (κ3) is 4.26. The second-order valence-corrected chi connectivity index (χ2v) is 7.89. The highest BCUT2D eigenvalue weighted by Crippen LogP contribution is 2.31. The van der Waals surface area contributed by atoms with E-state index in [-0.39, 0.29) is 12.1 Å². The molecule has 1 unspecified atom stereocenters. The Morgan fingerprint density at radius 3 is 2.59 bits per heavy atom. The van der Waals surface area contributed by atoms with Gasteiger partial charge in [-0.1, -0.05) is 36.0 Å². The zero-order valence-corrected chi connectivity index (χ0v) is 16.1. The van der Waals surface area contributed by atoms with Crippen molar-refractivity contribution in [2.24, 2.45) is 0 Å². The standard InChI is InChI=1S/C20H25ClN4O2/c21-15-11-9-14(10-12-15)18-23-19(27-24-18)17-8-4-5-13-25(17)20(26)22-16-6-2-1-3-7-16/h9-12,16-17H,1-8,13H2,(H,22,26). The first-order valence-electron chi connectivity index (χ1n) is 9.87. The minimum atomic E-state index is -0.157. The van der Waals surface area contributed by atoms with Gasteiger partial charge in [0.1, 0.15) is 6.04 Å². The molecule has 2 amide bonds. The van der Waals surface area contributed by atoms with E-state index in [9.17, 15) is 4.79 Å². The summed E-state index contributed by atoms with van der Waals surface area (Å²) >= 11 is 5.94. The second-order valence-electron chi connectivity index (χ2n) is 7.45. The summed E-state index contributed by atoms with van der Waals surface area (Å²) in [5.41, 5.74) is 0.850. The number of hydrogen-bond donors (Lipinski definition) is 1. The fourth-order valence-corrected chi connectivity index (χ4v) is 4.15. The van der Waals surface area contributed by atoms with Gasteiger partial charge in [-0.3, -0.25) is 0 Å². The molecule has 27 heavy (non-hydrogen) atoms. The normalized spacial score (nSPS) is 21.2. The molecular formula is C20H25ClN4O2. The second kappa shape index (κ2) is 8.30. The number of piperidine rings is 1. The van der Waals surface area contributed by atoms with E-state index in [4.69, 9.17) is 16.1 Å². The van der Waals surface area contributed by atoms with E-state index in [1.165, 1.54) is 19.3 Å². The Hall–Kier alpha value is -2.08. The van der Waals surface area contributed by atoms with Crippen molar-refractivity contribution >= 4 is 17.6 Å². The highest BCUT2D eigenvalue weighted by molar-refractivity contribution is 6.30. The molecule has 2 heterocycles. The Bertz CT molecular complexity index is 771. The van der Waals surface area contributed by atoms with Crippen LogP contribution in [0.2, 0.25) is 5.02 Å². The van der Waals surface area contributed by atoms with Crippen LogP contribution in [-0.4, -0.2) is 33.7 Å². The summed E-state index contributed by atoms with van der Waals surface area (Å²) in [6.45, 7) is 0.724. The van der Waals surface area contributed by atoms with Crippen molar-refractivity contribution < 1.29 is 9.32 Å². The minimum absolute atomic E-state index is 0.00200. The molecule has 1 aliphatic heterocycles. The van der Waals surface area contributed by atoms with Gasteiger partial charge in [0.2, 0.25) is 11.7 Å². The van der Waals surface area contributed by atoms with Gasteiger partial charge < -0.3 is 14.7 Å². The largest absolute Gasteiger partial charge is 0.337 e. The Kier molecular flexibility index (Phi) is 5.62. The molecule has 2 aromatic rings. The minimum Gasteiger partial charge on any atom is -0.337 e. The molecule has 4 rings (SSSR count). The summed E-state index contributed by atoms with van der Waals surface area (Å²) in [6, 6.07) is 7.47. The number of rotatable bonds is 3. The van der Waals surface area contributed by atoms with Crippen LogP contribution in [0.4, 0.5) is 4.79 Å². The quantitative estimate of drug-likeness (QED) is 0.806. The van der Waals surface area contributed by atoms with Gasteiger partial charge in [0, 0.05) is 23.2 Å². The molecule has 6 nitrogen and oxygen atoms in total. The molecule has 2 fully saturated rings. The summed E-state index contributed by atoms with van der Waals surface area (Å²) < 4.78 is 5.54. The maximum absolute atomic E-state index is 12.9. The van der Waals surface area contributed by atoms with Crippen molar-refractivity contribution in [3.63, 3.8) is 0 Å². The summed E-state index contributed by atoms with van der Waals surface area (Å²) in [5, 5.41) is 8.00. The first kappa shape index (κ1) is 18.3. The number of hydrogen-bond acceptors (Lipinski definition) is 4. The zero-order valence-electron chi connectivity index (χ0n) is 15.4. The molecule has 2 aliphatic rings. The molecule has 7 heteroatoms. The summed E-state index contributed by atoms with van der Waals surface area (Å²) in [6.07, 6.45) is 8.72. The number of nitrogens with zero attached hydrogens (tertiary/aromatic N) is 3. The van der Waals surface area contributed by atoms with Crippen LogP contribution in [0.25, 0.3) is 11.4 Å². The smallest absolute Gasteiger partial charge is 0.318 e. The fourth-order valence-electron chi connectivity index (χ4n) is 4.02. The topological polar surface area (TPSA) is 71.3 Å². The summed E-state index contributed by atoms with van der Waals surface area (Å²) in [7, 11) is 0. The van der Waals surface area contributed by atoms with Gasteiger partial charge in [-0.15, -0.1) is 0 Å². The molecular weight excluding hydrogens is 364 g/mol. The highest BCUT2D eigenvalue weighted by atomic mass is 35.5. The number of carbonyl (C=O) groups is 1. The number of urea groups is 1. The molecule has 0 spiro atoms. The predicted octanol–water partition coefficient (Wildman–Crippen LogP) is 4.96. The lowest BCUT2D eigenvalue weighted by atomic mass is 9.95. The Labute approximate surface area is 164 Å². The molecule has 1 N–H and O–H groups in total. The van der Waals surface area contributed by atoms with Crippen molar-refractivity contribution in [1.29, 1.82) is 0 Å². The average molecular weight is 389 g/mol. The van der Waals surface area contributed by atoms with Crippen molar-refractivity contribution in [2.45, 2.75) is 63.5 Å². The molecule has 1 saturated carbocycles. The number of amides is 2. The van der Waals surface area contributed by atoms with E-state index >= 15 is 0 Å². The van der Waals surface area contributed by atoms with E-state index in [2.05, 4.69) is 15.5 Å². The van der Waals surface area contributed by atoms with Crippen LogP contribution in [0, 0.1) is 0 Å². The van der Waals surface area contributed by atoms with Crippen LogP contribution in [0.3, 0.4) is 0 Å². The molecule has 1 atom stereocenters. The number of aromatic nitrogens is 2. The molecule has 0 radical (unpaired) electrons. The fraction of sp³-hybridized carbons (Fsp3) is 0.550. The maximum Gasteiger partial charge on any atom is 0.318 e. The monoisotopic (exact) mass is 388 g/mol. The lowest BCUT2D eigenvalue weighted by Crippen LogP contribution is -2.48. The molecule has 1 aromatic heterocycles. The van der Waals surface area contributed by atoms with Gasteiger partial charge in [-0.05, 0) is 56.4 Å². The lowest BCUT2D eigenvalue weighted by Gasteiger charge is -2.35. The number of nitrogens with one attached hydrogen (secondary N) is 1. The van der Waals surface area contributed by atoms with Crippen molar-refractivity contribution in [3.8, 4) is 11.4 Å². The SMILES string of the molecule is O=C(NC1CCCCC1)N1CCCCC1c1nc(-c2ccc(Cl)cc2)no1. The van der Waals surface area contributed by atoms with E-state index in [0.29, 0.717) is 22.8 Å². The van der Waals surface area contributed by atoms with Gasteiger partial charge in [0.25, 0.3) is 0 Å². The van der Waals surface area contributed by atoms with Crippen LogP contribution >= 0.6 is 11.6 Å². The highest BCUT2D eigenvalue weighted by Gasteiger charge is 2.33. The van der Waals surface area contributed by atoms with Crippen LogP contribution in [0.15, 0.2) is 28.8 Å². The van der Waals surface area contributed by atoms with Crippen LogP contribution in [-0.2, 0) is 0 Å². The molecule has 1 saturated heterocycles. The van der Waals surface area contributed by atoms with E-state index in [1.54, 1.807) is 12.1 Å². The average Bonchev–Trinajstić information content (AvgIpc) is 3.19. The van der Waals surface area contributed by atoms with Crippen LogP contribution < -0.4 is 5.32 Å². The zero-order chi connectivity index (χ0) is 18.6. The number of likely N-dealkylation sites (tertiary alicyclic amines) is 1. The Morgan fingerprint density at radius 2 is 1.81 bits per heavy atom. The molecule has 144 valence electrons. The van der Waals surface area contributed by atoms with Crippen molar-refractivity contribution in [2.75, 3.05) is 6.54 Å². The summed E-state index contributed by atoms with van der Waals surface area (Å²) in [5.74, 6) is 1.04. The number of carbonyl (C=O) groups excluding carboxylic acids is 1. The van der Waals surface area contributed by atoms with Gasteiger partial charge in [0.15, 0.2) is 0 Å². The van der Waals surface area contributed by atoms with Gasteiger partial charge in [-0.2, -0.15) is 4.98 Å². The van der Waals surface area contributed by atoms with Crippen molar-refractivity contribution in [1.82, 2.24) is 20.4 Å². The van der Waals surface area contributed by atoms with Gasteiger partial charge >= 0.3 is 6.03 Å². The molecule has 1 aromatic carbocycles. The molecule has 1 aliphatic carbocycles. The van der Waals surface area contributed by atoms with E-state index in [1.807, 2.05) is 17.0 Å². The maximum atomic E-state index is 12.9. The third-order valence-electron chi connectivity index (χ3n) is 5.53. The van der Waals surface area contributed by atoms with Crippen molar-refractivity contribution in [3.05, 3.63) is 35.2 Å². The first-order chi connectivity index (χ1) is 13.2. The molecule has 0 bridgehead atoms. The summed E-state index contributed by atoms with van der Waals surface area (Å²) in [4.78, 5) is 19.3. The first-order valence-corrected chi connectivity index (χ1v) is 10.3. The van der Waals surface area contributed by atoms with Gasteiger partial charge in [0.05, 0.1) is 0 Å². The lowest BCUT2D eigenvalue weighted by molar-refractivity contribution is 0.127. The Balaban J connectivity index is 1.48. The number of benzene rings is 1. The predicted molar refractivity (Wildman–Crippen MR) is 103 cm³/mol. The number of halogens is 1. The third-order valence-corrected chi connectivity index (χ3v) is 5.78. The van der Waals surface area contributed by atoms with Crippen LogP contribution in [0.1, 0.15) is 63.3 Å². The van der Waals surface area contributed by atoms with Gasteiger partial charge in [-0.25, -0.2) is 4.79 Å². The van der Waals surface area contributed by atoms with E-state index < -0.39 is 0 Å².